The quantitative estimate of drug-likeness (QED) is 0.0261. The van der Waals surface area contributed by atoms with Gasteiger partial charge >= 0.3 is 17.9 Å². The first-order valence-electron chi connectivity index (χ1n) is 31.1. The molecule has 0 radical (unpaired) electrons. The maximum absolute atomic E-state index is 12.9. The summed E-state index contributed by atoms with van der Waals surface area (Å²) >= 11 is 0. The molecule has 0 aromatic carbocycles. The van der Waals surface area contributed by atoms with Crippen LogP contribution in [-0.4, -0.2) is 37.2 Å². The fourth-order valence-electron chi connectivity index (χ4n) is 8.64. The van der Waals surface area contributed by atoms with Gasteiger partial charge < -0.3 is 14.2 Å². The summed E-state index contributed by atoms with van der Waals surface area (Å²) in [4.78, 5) is 38.3. The molecule has 0 aliphatic heterocycles. The molecule has 0 aromatic rings. The van der Waals surface area contributed by atoms with Crippen molar-refractivity contribution in [1.29, 1.82) is 0 Å². The molecule has 0 heterocycles. The molecule has 0 rings (SSSR count). The van der Waals surface area contributed by atoms with Crippen LogP contribution in [0.5, 0.6) is 0 Å². The molecule has 0 spiro atoms. The second-order valence-electron chi connectivity index (χ2n) is 20.6. The highest BCUT2D eigenvalue weighted by molar-refractivity contribution is 5.71. The Hall–Kier alpha value is -3.41. The Morgan fingerprint density at radius 3 is 0.863 bits per heavy atom. The Labute approximate surface area is 452 Å². The fraction of sp³-hybridized carbons (Fsp3) is 0.746. The predicted octanol–water partition coefficient (Wildman–Crippen LogP) is 21.1. The van der Waals surface area contributed by atoms with Crippen LogP contribution in [0.15, 0.2) is 85.1 Å². The number of rotatable bonds is 56. The van der Waals surface area contributed by atoms with Crippen molar-refractivity contribution in [2.75, 3.05) is 13.2 Å². The van der Waals surface area contributed by atoms with Crippen molar-refractivity contribution in [1.82, 2.24) is 0 Å². The first-order chi connectivity index (χ1) is 36.0. The summed E-state index contributed by atoms with van der Waals surface area (Å²) in [6, 6.07) is 0. The number of hydrogen-bond acceptors (Lipinski definition) is 6. The summed E-state index contributed by atoms with van der Waals surface area (Å²) in [5, 5.41) is 0. The minimum Gasteiger partial charge on any atom is -0.462 e. The highest BCUT2D eigenvalue weighted by Gasteiger charge is 2.19. The van der Waals surface area contributed by atoms with E-state index in [4.69, 9.17) is 14.2 Å². The van der Waals surface area contributed by atoms with Crippen molar-refractivity contribution in [2.45, 2.75) is 309 Å². The molecule has 0 bridgehead atoms. The molecular formula is C67H116O6. The van der Waals surface area contributed by atoms with Crippen LogP contribution in [0.3, 0.4) is 0 Å². The van der Waals surface area contributed by atoms with Crippen molar-refractivity contribution in [2.24, 2.45) is 0 Å². The molecule has 420 valence electrons. The summed E-state index contributed by atoms with van der Waals surface area (Å²) in [5.74, 6) is -0.953. The van der Waals surface area contributed by atoms with E-state index in [2.05, 4.69) is 106 Å². The van der Waals surface area contributed by atoms with Crippen LogP contribution < -0.4 is 0 Å². The summed E-state index contributed by atoms with van der Waals surface area (Å²) in [7, 11) is 0. The third-order valence-corrected chi connectivity index (χ3v) is 13.3. The smallest absolute Gasteiger partial charge is 0.306 e. The maximum atomic E-state index is 12.9. The van der Waals surface area contributed by atoms with Gasteiger partial charge in [-0.05, 0) is 116 Å². The number of ether oxygens (including phenoxy) is 3. The maximum Gasteiger partial charge on any atom is 0.306 e. The van der Waals surface area contributed by atoms with Crippen molar-refractivity contribution < 1.29 is 28.6 Å². The highest BCUT2D eigenvalue weighted by atomic mass is 16.6. The second-order valence-corrected chi connectivity index (χ2v) is 20.6. The highest BCUT2D eigenvalue weighted by Crippen LogP contribution is 2.16. The Balaban J connectivity index is 4.45. The molecule has 0 aliphatic rings. The van der Waals surface area contributed by atoms with Crippen molar-refractivity contribution in [3.05, 3.63) is 85.1 Å². The van der Waals surface area contributed by atoms with Gasteiger partial charge in [-0.1, -0.05) is 254 Å². The van der Waals surface area contributed by atoms with E-state index in [0.717, 1.165) is 77.0 Å². The number of allylic oxidation sites excluding steroid dienone is 14. The minimum atomic E-state index is -0.804. The molecule has 1 atom stereocenters. The summed E-state index contributed by atoms with van der Waals surface area (Å²) in [6.45, 7) is 6.56. The molecule has 0 N–H and O–H groups in total. The summed E-state index contributed by atoms with van der Waals surface area (Å²) in [6.07, 6.45) is 80.1. The van der Waals surface area contributed by atoms with Gasteiger partial charge in [0.05, 0.1) is 0 Å². The lowest BCUT2D eigenvalue weighted by Gasteiger charge is -2.18. The molecule has 73 heavy (non-hydrogen) atoms. The topological polar surface area (TPSA) is 78.9 Å². The SMILES string of the molecule is CCCCC/C=C\C/C=C\C/C=C\C/C=C\CCCC(=O)OC[C@H](COC(=O)CCCCCCCCC/C=C\C/C=C\CCCCC)OC(=O)CCCCCCCCCCCCC/C=C\CCCCCCCC. The minimum absolute atomic E-state index is 0.0971. The molecule has 0 aliphatic carbocycles. The van der Waals surface area contributed by atoms with Gasteiger partial charge in [0.2, 0.25) is 0 Å². The number of unbranched alkanes of at least 4 members (excludes halogenated alkanes) is 31. The molecule has 0 saturated carbocycles. The van der Waals surface area contributed by atoms with Crippen molar-refractivity contribution in [3.8, 4) is 0 Å². The van der Waals surface area contributed by atoms with Gasteiger partial charge in [-0.15, -0.1) is 0 Å². The number of carbonyl (C=O) groups excluding carboxylic acids is 3. The van der Waals surface area contributed by atoms with Gasteiger partial charge in [0, 0.05) is 19.3 Å². The Morgan fingerprint density at radius 1 is 0.274 bits per heavy atom. The van der Waals surface area contributed by atoms with Crippen LogP contribution in [0.1, 0.15) is 303 Å². The van der Waals surface area contributed by atoms with Crippen LogP contribution in [0.25, 0.3) is 0 Å². The number of hydrogen-bond donors (Lipinski definition) is 0. The molecule has 0 amide bonds. The third-order valence-electron chi connectivity index (χ3n) is 13.3. The second kappa shape index (κ2) is 61.1. The normalized spacial score (nSPS) is 12.6. The first-order valence-corrected chi connectivity index (χ1v) is 31.1. The first kappa shape index (κ1) is 69.6. The van der Waals surface area contributed by atoms with Crippen LogP contribution in [0.4, 0.5) is 0 Å². The van der Waals surface area contributed by atoms with E-state index in [0.29, 0.717) is 19.3 Å². The van der Waals surface area contributed by atoms with Crippen LogP contribution in [0, 0.1) is 0 Å². The zero-order valence-electron chi connectivity index (χ0n) is 48.1. The average molecular weight is 1020 g/mol. The van der Waals surface area contributed by atoms with E-state index in [9.17, 15) is 14.4 Å². The molecule has 0 saturated heterocycles. The predicted molar refractivity (Wildman–Crippen MR) is 316 cm³/mol. The molecular weight excluding hydrogens is 901 g/mol. The van der Waals surface area contributed by atoms with E-state index in [-0.39, 0.29) is 37.5 Å². The molecule has 0 unspecified atom stereocenters. The average Bonchev–Trinajstić information content (AvgIpc) is 3.39. The summed E-state index contributed by atoms with van der Waals surface area (Å²) < 4.78 is 16.9. The van der Waals surface area contributed by atoms with Gasteiger partial charge in [0.1, 0.15) is 13.2 Å². The zero-order chi connectivity index (χ0) is 52.9. The van der Waals surface area contributed by atoms with Gasteiger partial charge in [0.25, 0.3) is 0 Å². The lowest BCUT2D eigenvalue weighted by atomic mass is 10.0. The van der Waals surface area contributed by atoms with Gasteiger partial charge in [-0.2, -0.15) is 0 Å². The molecule has 6 nitrogen and oxygen atoms in total. The fourth-order valence-corrected chi connectivity index (χ4v) is 8.64. The van der Waals surface area contributed by atoms with Crippen molar-refractivity contribution in [3.63, 3.8) is 0 Å². The van der Waals surface area contributed by atoms with Gasteiger partial charge in [-0.3, -0.25) is 14.4 Å². The molecule has 0 aromatic heterocycles. The number of esters is 3. The van der Waals surface area contributed by atoms with Crippen LogP contribution >= 0.6 is 0 Å². The molecule has 6 heteroatoms. The lowest BCUT2D eigenvalue weighted by molar-refractivity contribution is -0.167. The van der Waals surface area contributed by atoms with E-state index >= 15 is 0 Å². The van der Waals surface area contributed by atoms with Gasteiger partial charge in [-0.25, -0.2) is 0 Å². The van der Waals surface area contributed by atoms with E-state index in [1.807, 2.05) is 0 Å². The van der Waals surface area contributed by atoms with Gasteiger partial charge in [0.15, 0.2) is 6.10 Å². The molecule has 0 fully saturated rings. The van der Waals surface area contributed by atoms with E-state index in [1.165, 1.54) is 180 Å². The lowest BCUT2D eigenvalue weighted by Crippen LogP contribution is -2.30. The van der Waals surface area contributed by atoms with Crippen molar-refractivity contribution >= 4 is 17.9 Å². The summed E-state index contributed by atoms with van der Waals surface area (Å²) in [5.41, 5.74) is 0. The Morgan fingerprint density at radius 2 is 0.507 bits per heavy atom. The Kier molecular flexibility index (Phi) is 58.3. The number of carbonyl (C=O) groups is 3. The van der Waals surface area contributed by atoms with E-state index in [1.54, 1.807) is 0 Å². The Bertz CT molecular complexity index is 1400. The monoisotopic (exact) mass is 1020 g/mol. The van der Waals surface area contributed by atoms with E-state index < -0.39 is 6.10 Å². The zero-order valence-corrected chi connectivity index (χ0v) is 48.1. The third kappa shape index (κ3) is 59.3. The van der Waals surface area contributed by atoms with Crippen LogP contribution in [-0.2, 0) is 28.6 Å². The standard InChI is InChI=1S/C67H116O6/c1-4-7-10-13-16-19-22-25-28-31-32-33-34-37-40-43-46-49-52-55-58-61-67(70)73-64(62-71-65(68)59-56-53-50-47-44-41-38-35-29-26-23-20-17-14-11-8-5-2)63-72-66(69)60-57-54-51-48-45-42-39-36-30-27-24-21-18-15-12-9-6-3/h17-18,20-21,25-30,38,41,47,50,64H,4-16,19,22-24,31-37,39-40,42-46,48-49,51-63H2,1-3H3/b20-17-,21-18-,28-25-,29-26-,30-27-,41-38-,50-47-/t64-/m1/s1. The van der Waals surface area contributed by atoms with Crippen LogP contribution in [0.2, 0.25) is 0 Å². The largest absolute Gasteiger partial charge is 0.462 e.